The smallest absolute Gasteiger partial charge is 0.169 e. The van der Waals surface area contributed by atoms with Gasteiger partial charge in [-0.1, -0.05) is 6.07 Å². The van der Waals surface area contributed by atoms with Crippen LogP contribution in [0.5, 0.6) is 0 Å². The molecule has 0 saturated heterocycles. The number of hydrogen-bond acceptors (Lipinski definition) is 1. The maximum absolute atomic E-state index is 13.8. The fraction of sp³-hybridized carbons (Fsp3) is 0. The van der Waals surface area contributed by atoms with E-state index in [9.17, 15) is 8.78 Å². The molecule has 0 saturated carbocycles. The molecule has 0 spiro atoms. The maximum Gasteiger partial charge on any atom is 0.169 e. The van der Waals surface area contributed by atoms with E-state index in [1.165, 1.54) is 12.1 Å². The Morgan fingerprint density at radius 1 is 1.11 bits per heavy atom. The first-order chi connectivity index (χ1) is 8.68. The molecule has 0 aliphatic rings. The molecule has 5 heteroatoms. The van der Waals surface area contributed by atoms with Crippen LogP contribution in [0.2, 0.25) is 0 Å². The molecule has 2 aromatic heterocycles. The number of fused-ring (bicyclic) bond motifs is 1. The first kappa shape index (κ1) is 11.3. The summed E-state index contributed by atoms with van der Waals surface area (Å²) in [6.45, 7) is 0. The highest BCUT2D eigenvalue weighted by Gasteiger charge is 2.14. The second-order valence-electron chi connectivity index (χ2n) is 3.79. The van der Waals surface area contributed by atoms with E-state index in [0.717, 1.165) is 16.1 Å². The first-order valence-corrected chi connectivity index (χ1v) is 6.04. The maximum atomic E-state index is 13.8. The summed E-state index contributed by atoms with van der Waals surface area (Å²) in [5.41, 5.74) is 0.948. The van der Waals surface area contributed by atoms with E-state index in [-0.39, 0.29) is 5.56 Å². The van der Waals surface area contributed by atoms with Crippen molar-refractivity contribution >= 4 is 21.4 Å². The molecule has 0 atom stereocenters. The van der Waals surface area contributed by atoms with Gasteiger partial charge in [-0.2, -0.15) is 0 Å². The average molecular weight is 309 g/mol. The van der Waals surface area contributed by atoms with Crippen molar-refractivity contribution in [1.29, 1.82) is 0 Å². The minimum absolute atomic E-state index is 0.146. The summed E-state index contributed by atoms with van der Waals surface area (Å²) in [5, 5.41) is 0. The van der Waals surface area contributed by atoms with Crippen LogP contribution < -0.4 is 0 Å². The molecule has 0 aliphatic heterocycles. The SMILES string of the molecule is Fc1cccc(-c2ncc3c(Br)cccn23)c1F. The quantitative estimate of drug-likeness (QED) is 0.663. The molecule has 90 valence electrons. The lowest BCUT2D eigenvalue weighted by Gasteiger charge is -2.04. The zero-order valence-electron chi connectivity index (χ0n) is 9.07. The highest BCUT2D eigenvalue weighted by atomic mass is 79.9. The van der Waals surface area contributed by atoms with Crippen LogP contribution in [-0.4, -0.2) is 9.38 Å². The Morgan fingerprint density at radius 3 is 2.78 bits per heavy atom. The number of halogens is 3. The van der Waals surface area contributed by atoms with Gasteiger partial charge in [-0.05, 0) is 40.2 Å². The van der Waals surface area contributed by atoms with E-state index in [2.05, 4.69) is 20.9 Å². The van der Waals surface area contributed by atoms with Crippen LogP contribution in [0.25, 0.3) is 16.9 Å². The highest BCUT2D eigenvalue weighted by Crippen LogP contribution is 2.27. The Kier molecular flexibility index (Phi) is 2.63. The van der Waals surface area contributed by atoms with Crippen LogP contribution >= 0.6 is 15.9 Å². The topological polar surface area (TPSA) is 17.3 Å². The van der Waals surface area contributed by atoms with Crippen LogP contribution in [0.4, 0.5) is 8.78 Å². The standard InChI is InChI=1S/C13H7BrF2N2/c14-9-4-2-6-18-11(9)7-17-13(18)8-3-1-5-10(15)12(8)16/h1-7H. The van der Waals surface area contributed by atoms with E-state index >= 15 is 0 Å². The largest absolute Gasteiger partial charge is 0.299 e. The average Bonchev–Trinajstić information content (AvgIpc) is 2.78. The third-order valence-corrected chi connectivity index (χ3v) is 3.38. The second kappa shape index (κ2) is 4.17. The summed E-state index contributed by atoms with van der Waals surface area (Å²) in [6, 6.07) is 7.73. The summed E-state index contributed by atoms with van der Waals surface area (Å²) < 4.78 is 29.5. The van der Waals surface area contributed by atoms with Crippen LogP contribution in [0.15, 0.2) is 47.2 Å². The minimum atomic E-state index is -0.884. The summed E-state index contributed by atoms with van der Waals surface area (Å²) in [6.07, 6.45) is 3.37. The number of hydrogen-bond donors (Lipinski definition) is 0. The predicted molar refractivity (Wildman–Crippen MR) is 68.2 cm³/mol. The second-order valence-corrected chi connectivity index (χ2v) is 4.65. The molecular weight excluding hydrogens is 302 g/mol. The number of nitrogens with zero attached hydrogens (tertiary/aromatic N) is 2. The number of imidazole rings is 1. The third-order valence-electron chi connectivity index (χ3n) is 2.71. The molecule has 0 amide bonds. The van der Waals surface area contributed by atoms with Gasteiger partial charge in [0.2, 0.25) is 0 Å². The Morgan fingerprint density at radius 2 is 1.94 bits per heavy atom. The van der Waals surface area contributed by atoms with Crippen LogP contribution in [0.3, 0.4) is 0 Å². The summed E-state index contributed by atoms with van der Waals surface area (Å²) in [7, 11) is 0. The molecule has 3 aromatic rings. The van der Waals surface area contributed by atoms with Crippen molar-refractivity contribution in [3.63, 3.8) is 0 Å². The number of aromatic nitrogens is 2. The zero-order chi connectivity index (χ0) is 12.7. The zero-order valence-corrected chi connectivity index (χ0v) is 10.7. The van der Waals surface area contributed by atoms with Crippen LogP contribution in [-0.2, 0) is 0 Å². The molecule has 3 rings (SSSR count). The summed E-state index contributed by atoms with van der Waals surface area (Å²) in [5.74, 6) is -1.38. The van der Waals surface area contributed by atoms with E-state index in [4.69, 9.17) is 0 Å². The van der Waals surface area contributed by atoms with Crippen molar-refractivity contribution in [3.05, 3.63) is 58.8 Å². The molecule has 18 heavy (non-hydrogen) atoms. The normalized spacial score (nSPS) is 11.1. The summed E-state index contributed by atoms with van der Waals surface area (Å²) in [4.78, 5) is 4.15. The third kappa shape index (κ3) is 1.62. The lowest BCUT2D eigenvalue weighted by atomic mass is 10.2. The van der Waals surface area contributed by atoms with E-state index in [1.54, 1.807) is 22.9 Å². The van der Waals surface area contributed by atoms with Gasteiger partial charge in [0, 0.05) is 10.7 Å². The molecule has 2 nitrogen and oxygen atoms in total. The molecule has 2 heterocycles. The van der Waals surface area contributed by atoms with Gasteiger partial charge in [0.1, 0.15) is 5.82 Å². The Bertz CT molecular complexity index is 737. The first-order valence-electron chi connectivity index (χ1n) is 5.24. The van der Waals surface area contributed by atoms with Gasteiger partial charge in [-0.25, -0.2) is 13.8 Å². The Balaban J connectivity index is 2.33. The van der Waals surface area contributed by atoms with Crippen molar-refractivity contribution in [2.45, 2.75) is 0 Å². The fourth-order valence-corrected chi connectivity index (χ4v) is 2.31. The van der Waals surface area contributed by atoms with E-state index in [0.29, 0.717) is 5.82 Å². The van der Waals surface area contributed by atoms with Gasteiger partial charge in [-0.3, -0.25) is 4.40 Å². The lowest BCUT2D eigenvalue weighted by molar-refractivity contribution is 0.510. The van der Waals surface area contributed by atoms with Crippen molar-refractivity contribution in [1.82, 2.24) is 9.38 Å². The number of benzene rings is 1. The molecule has 0 radical (unpaired) electrons. The molecule has 1 aromatic carbocycles. The van der Waals surface area contributed by atoms with Crippen molar-refractivity contribution in [2.75, 3.05) is 0 Å². The van der Waals surface area contributed by atoms with E-state index < -0.39 is 11.6 Å². The van der Waals surface area contributed by atoms with Crippen molar-refractivity contribution in [2.24, 2.45) is 0 Å². The number of pyridine rings is 1. The van der Waals surface area contributed by atoms with Crippen molar-refractivity contribution < 1.29 is 8.78 Å². The van der Waals surface area contributed by atoms with Gasteiger partial charge in [0.05, 0.1) is 17.3 Å². The number of rotatable bonds is 1. The van der Waals surface area contributed by atoms with Crippen molar-refractivity contribution in [3.8, 4) is 11.4 Å². The van der Waals surface area contributed by atoms with Gasteiger partial charge < -0.3 is 0 Å². The minimum Gasteiger partial charge on any atom is -0.299 e. The van der Waals surface area contributed by atoms with Crippen LogP contribution in [0.1, 0.15) is 0 Å². The molecule has 0 unspecified atom stereocenters. The highest BCUT2D eigenvalue weighted by molar-refractivity contribution is 9.10. The Hall–Kier alpha value is -1.75. The fourth-order valence-electron chi connectivity index (χ4n) is 1.86. The monoisotopic (exact) mass is 308 g/mol. The predicted octanol–water partition coefficient (Wildman–Crippen LogP) is 4.04. The molecule has 0 N–H and O–H groups in total. The van der Waals surface area contributed by atoms with Crippen LogP contribution in [0, 0.1) is 11.6 Å². The molecule has 0 fully saturated rings. The summed E-state index contributed by atoms with van der Waals surface area (Å²) >= 11 is 3.39. The van der Waals surface area contributed by atoms with Gasteiger partial charge in [0.15, 0.2) is 11.6 Å². The molecule has 0 bridgehead atoms. The van der Waals surface area contributed by atoms with E-state index in [1.807, 2.05) is 6.07 Å². The van der Waals surface area contributed by atoms with Gasteiger partial charge in [-0.15, -0.1) is 0 Å². The Labute approximate surface area is 110 Å². The molecule has 0 aliphatic carbocycles. The molecular formula is C13H7BrF2N2. The van der Waals surface area contributed by atoms with Gasteiger partial charge in [0.25, 0.3) is 0 Å². The lowest BCUT2D eigenvalue weighted by Crippen LogP contribution is -1.94. The van der Waals surface area contributed by atoms with Gasteiger partial charge >= 0.3 is 0 Å².